The van der Waals surface area contributed by atoms with Gasteiger partial charge in [-0.15, -0.1) is 5.10 Å². The monoisotopic (exact) mass is 510 g/mol. The number of halogens is 5. The number of aromatic nitrogens is 3. The number of nitrogens with one attached hydrogen (secondary N) is 1. The van der Waals surface area contributed by atoms with Crippen molar-refractivity contribution < 1.29 is 4.79 Å². The topological polar surface area (TPSA) is 59.8 Å². The highest BCUT2D eigenvalue weighted by molar-refractivity contribution is 6.42. The number of anilines is 1. The van der Waals surface area contributed by atoms with Crippen LogP contribution in [-0.2, 0) is 0 Å². The molecule has 1 amide bonds. The van der Waals surface area contributed by atoms with E-state index in [4.69, 9.17) is 58.0 Å². The minimum absolute atomic E-state index is 0.0768. The van der Waals surface area contributed by atoms with Gasteiger partial charge in [0, 0.05) is 15.6 Å². The third kappa shape index (κ3) is 4.81. The maximum Gasteiger partial charge on any atom is 0.295 e. The number of carbonyl (C=O) groups is 1. The predicted molar refractivity (Wildman–Crippen MR) is 126 cm³/mol. The zero-order valence-electron chi connectivity index (χ0n) is 15.4. The zero-order chi connectivity index (χ0) is 22.1. The van der Waals surface area contributed by atoms with E-state index in [0.29, 0.717) is 47.9 Å². The van der Waals surface area contributed by atoms with Gasteiger partial charge in [0.2, 0.25) is 5.82 Å². The number of rotatable bonds is 4. The van der Waals surface area contributed by atoms with Crippen LogP contribution < -0.4 is 5.32 Å². The summed E-state index contributed by atoms with van der Waals surface area (Å²) in [5, 5.41) is 9.06. The van der Waals surface area contributed by atoms with E-state index in [2.05, 4.69) is 15.4 Å². The van der Waals surface area contributed by atoms with Gasteiger partial charge in [-0.1, -0.05) is 70.1 Å². The molecular formula is C21H11Cl5N4O. The van der Waals surface area contributed by atoms with E-state index >= 15 is 0 Å². The zero-order valence-corrected chi connectivity index (χ0v) is 19.2. The smallest absolute Gasteiger partial charge is 0.295 e. The van der Waals surface area contributed by atoms with Crippen LogP contribution in [0.5, 0.6) is 0 Å². The first-order valence-corrected chi connectivity index (χ1v) is 10.7. The fraction of sp³-hybridized carbons (Fsp3) is 0. The maximum absolute atomic E-state index is 12.9. The van der Waals surface area contributed by atoms with Crippen LogP contribution in [0.2, 0.25) is 25.1 Å². The van der Waals surface area contributed by atoms with Crippen molar-refractivity contribution in [1.82, 2.24) is 14.8 Å². The molecule has 0 fully saturated rings. The van der Waals surface area contributed by atoms with Crippen LogP contribution in [0.4, 0.5) is 5.69 Å². The highest BCUT2D eigenvalue weighted by atomic mass is 35.5. The summed E-state index contributed by atoms with van der Waals surface area (Å²) in [7, 11) is 0. The Morgan fingerprint density at radius 3 is 2.29 bits per heavy atom. The molecule has 0 aliphatic carbocycles. The van der Waals surface area contributed by atoms with E-state index in [1.807, 2.05) is 6.07 Å². The molecule has 1 aromatic heterocycles. The molecule has 0 bridgehead atoms. The van der Waals surface area contributed by atoms with Crippen LogP contribution in [0.15, 0.2) is 60.7 Å². The molecule has 1 N–H and O–H groups in total. The lowest BCUT2D eigenvalue weighted by Crippen LogP contribution is -2.14. The molecule has 0 spiro atoms. The minimum atomic E-state index is -0.550. The molecule has 10 heteroatoms. The summed E-state index contributed by atoms with van der Waals surface area (Å²) < 4.78 is 1.49. The van der Waals surface area contributed by atoms with Crippen LogP contribution in [0.1, 0.15) is 10.6 Å². The molecule has 4 aromatic rings. The third-order valence-electron chi connectivity index (χ3n) is 4.22. The summed E-state index contributed by atoms with van der Waals surface area (Å²) in [6.45, 7) is 0. The van der Waals surface area contributed by atoms with Crippen LogP contribution >= 0.6 is 58.0 Å². The number of amides is 1. The van der Waals surface area contributed by atoms with Gasteiger partial charge in [0.25, 0.3) is 5.91 Å². The Labute approximate surface area is 202 Å². The summed E-state index contributed by atoms with van der Waals surface area (Å²) >= 11 is 30.4. The Morgan fingerprint density at radius 2 is 1.58 bits per heavy atom. The van der Waals surface area contributed by atoms with Gasteiger partial charge in [0.05, 0.1) is 26.4 Å². The molecule has 0 aliphatic rings. The first-order chi connectivity index (χ1) is 14.8. The number of carbonyl (C=O) groups excluding carboxylic acids is 1. The molecule has 4 rings (SSSR count). The van der Waals surface area contributed by atoms with Crippen molar-refractivity contribution in [3.63, 3.8) is 0 Å². The maximum atomic E-state index is 12.9. The average molecular weight is 513 g/mol. The third-order valence-corrected chi connectivity index (χ3v) is 5.74. The van der Waals surface area contributed by atoms with Crippen LogP contribution in [0.25, 0.3) is 17.1 Å². The van der Waals surface area contributed by atoms with Gasteiger partial charge < -0.3 is 5.32 Å². The lowest BCUT2D eigenvalue weighted by atomic mass is 10.2. The Balaban J connectivity index is 1.78. The second-order valence-electron chi connectivity index (χ2n) is 6.36. The van der Waals surface area contributed by atoms with Gasteiger partial charge in [-0.3, -0.25) is 4.79 Å². The predicted octanol–water partition coefficient (Wildman–Crippen LogP) is 7.45. The van der Waals surface area contributed by atoms with Crippen molar-refractivity contribution in [2.24, 2.45) is 0 Å². The fourth-order valence-electron chi connectivity index (χ4n) is 2.79. The quantitative estimate of drug-likeness (QED) is 0.309. The molecule has 0 aliphatic heterocycles. The van der Waals surface area contributed by atoms with E-state index in [0.717, 1.165) is 0 Å². The number of hydrogen-bond donors (Lipinski definition) is 1. The van der Waals surface area contributed by atoms with E-state index in [1.165, 1.54) is 10.7 Å². The summed E-state index contributed by atoms with van der Waals surface area (Å²) in [6, 6.07) is 16.8. The van der Waals surface area contributed by atoms with Crippen molar-refractivity contribution in [3.8, 4) is 17.1 Å². The summed E-state index contributed by atoms with van der Waals surface area (Å²) in [5.41, 5.74) is 1.61. The van der Waals surface area contributed by atoms with E-state index in [1.54, 1.807) is 48.5 Å². The Bertz CT molecular complexity index is 1300. The van der Waals surface area contributed by atoms with Crippen LogP contribution in [-0.4, -0.2) is 20.7 Å². The SMILES string of the molecule is O=C(Nc1ccc(Cl)cc1Cl)c1nc(-c2cccc(Cl)c2)n(-c2ccc(Cl)c(Cl)c2)n1. The highest BCUT2D eigenvalue weighted by Crippen LogP contribution is 2.29. The molecule has 5 nitrogen and oxygen atoms in total. The highest BCUT2D eigenvalue weighted by Gasteiger charge is 2.20. The van der Waals surface area contributed by atoms with Crippen molar-refractivity contribution >= 4 is 69.6 Å². The number of hydrogen-bond acceptors (Lipinski definition) is 3. The van der Waals surface area contributed by atoms with E-state index < -0.39 is 5.91 Å². The second-order valence-corrected chi connectivity index (χ2v) is 8.45. The molecular weight excluding hydrogens is 502 g/mol. The molecule has 3 aromatic carbocycles. The minimum Gasteiger partial charge on any atom is -0.318 e. The van der Waals surface area contributed by atoms with Gasteiger partial charge in [-0.2, -0.15) is 0 Å². The lowest BCUT2D eigenvalue weighted by molar-refractivity contribution is 0.101. The molecule has 1 heterocycles. The Kier molecular flexibility index (Phi) is 6.42. The van der Waals surface area contributed by atoms with Gasteiger partial charge in [-0.25, -0.2) is 9.67 Å². The Morgan fingerprint density at radius 1 is 0.806 bits per heavy atom. The van der Waals surface area contributed by atoms with Crippen molar-refractivity contribution in [2.45, 2.75) is 0 Å². The molecule has 0 unspecified atom stereocenters. The molecule has 31 heavy (non-hydrogen) atoms. The van der Waals surface area contributed by atoms with Gasteiger partial charge >= 0.3 is 0 Å². The van der Waals surface area contributed by atoms with E-state index in [-0.39, 0.29) is 5.82 Å². The fourth-order valence-corrected chi connectivity index (χ4v) is 3.73. The summed E-state index contributed by atoms with van der Waals surface area (Å²) in [5.74, 6) is -0.230. The summed E-state index contributed by atoms with van der Waals surface area (Å²) in [4.78, 5) is 17.3. The van der Waals surface area contributed by atoms with Crippen molar-refractivity contribution in [3.05, 3.63) is 91.6 Å². The molecule has 0 radical (unpaired) electrons. The number of nitrogens with zero attached hydrogens (tertiary/aromatic N) is 3. The van der Waals surface area contributed by atoms with Gasteiger partial charge in [-0.05, 0) is 48.5 Å². The largest absolute Gasteiger partial charge is 0.318 e. The lowest BCUT2D eigenvalue weighted by Gasteiger charge is -2.07. The standard InChI is InChI=1S/C21H11Cl5N4O/c22-12-3-1-2-11(8-12)20-28-19(21(31)27-18-7-4-13(23)9-17(18)26)29-30(20)14-5-6-15(24)16(25)10-14/h1-10H,(H,27,31). The summed E-state index contributed by atoms with van der Waals surface area (Å²) in [6.07, 6.45) is 0. The average Bonchev–Trinajstić information content (AvgIpc) is 3.18. The van der Waals surface area contributed by atoms with Gasteiger partial charge in [0.1, 0.15) is 0 Å². The second kappa shape index (κ2) is 9.07. The molecule has 156 valence electrons. The number of benzene rings is 3. The first-order valence-electron chi connectivity index (χ1n) is 8.76. The molecule has 0 atom stereocenters. The van der Waals surface area contributed by atoms with Crippen LogP contribution in [0, 0.1) is 0 Å². The van der Waals surface area contributed by atoms with Gasteiger partial charge in [0.15, 0.2) is 5.82 Å². The normalized spacial score (nSPS) is 10.9. The molecule has 0 saturated carbocycles. The Hall–Kier alpha value is -2.28. The van der Waals surface area contributed by atoms with Crippen LogP contribution in [0.3, 0.4) is 0 Å². The van der Waals surface area contributed by atoms with Crippen molar-refractivity contribution in [2.75, 3.05) is 5.32 Å². The van der Waals surface area contributed by atoms with E-state index in [9.17, 15) is 4.79 Å². The van der Waals surface area contributed by atoms with Crippen molar-refractivity contribution in [1.29, 1.82) is 0 Å². The molecule has 0 saturated heterocycles. The first kappa shape index (κ1) is 21.9.